The lowest BCUT2D eigenvalue weighted by Crippen LogP contribution is -2.43. The van der Waals surface area contributed by atoms with Crippen LogP contribution in [0.2, 0.25) is 0 Å². The van der Waals surface area contributed by atoms with Crippen molar-refractivity contribution in [3.05, 3.63) is 0 Å². The Bertz CT molecular complexity index is 130. The van der Waals surface area contributed by atoms with E-state index in [4.69, 9.17) is 25.2 Å². The van der Waals surface area contributed by atoms with Crippen molar-refractivity contribution in [1.29, 1.82) is 0 Å². The summed E-state index contributed by atoms with van der Waals surface area (Å²) in [6.45, 7) is 1.24. The van der Waals surface area contributed by atoms with E-state index in [1.807, 2.05) is 0 Å². The molecule has 0 aromatic heterocycles. The van der Waals surface area contributed by atoms with Crippen LogP contribution in [0.15, 0.2) is 0 Å². The third-order valence-corrected chi connectivity index (χ3v) is 1.33. The fourth-order valence-corrected chi connectivity index (χ4v) is 0.568. The van der Waals surface area contributed by atoms with Crippen LogP contribution in [0.3, 0.4) is 0 Å². The van der Waals surface area contributed by atoms with E-state index >= 15 is 0 Å². The summed E-state index contributed by atoms with van der Waals surface area (Å²) in [6, 6.07) is 0. The third kappa shape index (κ3) is 5.85. The molecule has 4 atom stereocenters. The van der Waals surface area contributed by atoms with Crippen LogP contribution in [0.5, 0.6) is 0 Å². The number of carbonyl (C=O) groups is 1. The molecule has 0 aromatic carbocycles. The van der Waals surface area contributed by atoms with Crippen LogP contribution in [0.1, 0.15) is 6.92 Å². The zero-order valence-electron chi connectivity index (χ0n) is 7.53. The van der Waals surface area contributed by atoms with Crippen LogP contribution >= 0.6 is 0 Å². The van der Waals surface area contributed by atoms with Gasteiger partial charge in [-0.25, -0.2) is 0 Å². The maximum absolute atomic E-state index is 9.87. The van der Waals surface area contributed by atoms with E-state index in [9.17, 15) is 4.79 Å². The predicted molar refractivity (Wildman–Crippen MR) is 47.9 cm³/mol. The van der Waals surface area contributed by atoms with Gasteiger partial charge in [0, 0.05) is 0 Å². The van der Waals surface area contributed by atoms with Gasteiger partial charge >= 0.3 is 0 Å². The normalized spacial score (nSPS) is 19.2. The Morgan fingerprint density at radius 2 is 1.46 bits per heavy atom. The molecule has 0 rings (SSSR count). The second-order valence-corrected chi connectivity index (χ2v) is 2.35. The molecule has 5 N–H and O–H groups in total. The molecule has 7 heteroatoms. The van der Waals surface area contributed by atoms with Gasteiger partial charge in [0.15, 0.2) is 6.29 Å². The molecule has 0 spiro atoms. The molecule has 0 saturated carbocycles. The second kappa shape index (κ2) is 8.29. The minimum atomic E-state index is -1.65. The van der Waals surface area contributed by atoms with Crippen LogP contribution in [-0.4, -0.2) is 66.4 Å². The van der Waals surface area contributed by atoms with Gasteiger partial charge in [0.1, 0.15) is 28.8 Å². The summed E-state index contributed by atoms with van der Waals surface area (Å²) < 4.78 is 0. The average molecular weight is 212 g/mol. The standard InChI is InChI=1S/C6H12O5.H4OSi/c1-3(8)5(10)6(11)4(9)2-7;1-2/h2-6,8-11H,1H3;1H,2H3. The molecule has 0 heterocycles. The Balaban J connectivity index is 0. The maximum Gasteiger partial charge on any atom is 0.151 e. The van der Waals surface area contributed by atoms with Crippen molar-refractivity contribution in [2.75, 3.05) is 0 Å². The number of aldehydes is 1. The first kappa shape index (κ1) is 15.2. The summed E-state index contributed by atoms with van der Waals surface area (Å²) in [7, 11) is 0.306. The zero-order valence-corrected chi connectivity index (χ0v) is 9.53. The summed E-state index contributed by atoms with van der Waals surface area (Å²) in [4.78, 5) is 17.0. The highest BCUT2D eigenvalue weighted by molar-refractivity contribution is 5.95. The molecule has 0 fully saturated rings. The summed E-state index contributed by atoms with van der Waals surface area (Å²) in [5.74, 6) is 0. The number of rotatable bonds is 4. The van der Waals surface area contributed by atoms with Crippen molar-refractivity contribution >= 4 is 16.8 Å². The number of hydrogen-bond donors (Lipinski definition) is 5. The lowest BCUT2D eigenvalue weighted by molar-refractivity contribution is -0.132. The molecule has 0 aliphatic carbocycles. The van der Waals surface area contributed by atoms with Crippen LogP contribution in [0.4, 0.5) is 0 Å². The molecule has 0 bridgehead atoms. The first-order valence-electron chi connectivity index (χ1n) is 3.63. The average Bonchev–Trinajstić information content (AvgIpc) is 2.17. The fourth-order valence-electron chi connectivity index (χ4n) is 0.568. The molecule has 0 saturated heterocycles. The van der Waals surface area contributed by atoms with Crippen molar-refractivity contribution in [2.24, 2.45) is 0 Å². The Kier molecular flexibility index (Phi) is 9.68. The van der Waals surface area contributed by atoms with E-state index in [-0.39, 0.29) is 6.29 Å². The van der Waals surface area contributed by atoms with E-state index in [1.165, 1.54) is 6.92 Å². The van der Waals surface area contributed by atoms with Gasteiger partial charge < -0.3 is 30.0 Å². The maximum atomic E-state index is 9.87. The minimum absolute atomic E-state index is 0.0935. The van der Waals surface area contributed by atoms with Crippen LogP contribution in [0, 0.1) is 0 Å². The first-order valence-corrected chi connectivity index (χ1v) is 4.52. The van der Waals surface area contributed by atoms with Crippen LogP contribution in [0.25, 0.3) is 0 Å². The van der Waals surface area contributed by atoms with Crippen LogP contribution in [-0.2, 0) is 4.79 Å². The van der Waals surface area contributed by atoms with Gasteiger partial charge in [0.25, 0.3) is 0 Å². The highest BCUT2D eigenvalue weighted by Crippen LogP contribution is 2.02. The highest BCUT2D eigenvalue weighted by atomic mass is 28.2. The van der Waals surface area contributed by atoms with Gasteiger partial charge in [-0.2, -0.15) is 0 Å². The first-order chi connectivity index (χ1) is 6.00. The van der Waals surface area contributed by atoms with Crippen LogP contribution < -0.4 is 0 Å². The quantitative estimate of drug-likeness (QED) is 0.239. The molecule has 13 heavy (non-hydrogen) atoms. The van der Waals surface area contributed by atoms with Gasteiger partial charge in [0.05, 0.1) is 6.10 Å². The van der Waals surface area contributed by atoms with E-state index in [1.54, 1.807) is 0 Å². The summed E-state index contributed by atoms with van der Waals surface area (Å²) in [5, 5.41) is 35.1. The summed E-state index contributed by atoms with van der Waals surface area (Å²) in [5.41, 5.74) is 0. The fraction of sp³-hybridized carbons (Fsp3) is 0.833. The molecular formula is C6H16O6Si. The topological polar surface area (TPSA) is 118 Å². The number of hydrogen-bond acceptors (Lipinski definition) is 6. The monoisotopic (exact) mass is 212 g/mol. The number of carbonyl (C=O) groups excluding carboxylic acids is 1. The number of aliphatic hydroxyl groups excluding tert-OH is 4. The van der Waals surface area contributed by atoms with Gasteiger partial charge in [-0.05, 0) is 6.92 Å². The molecule has 0 aromatic rings. The summed E-state index contributed by atoms with van der Waals surface area (Å²) >= 11 is 0. The zero-order chi connectivity index (χ0) is 11.0. The lowest BCUT2D eigenvalue weighted by atomic mass is 10.1. The summed E-state index contributed by atoms with van der Waals surface area (Å²) in [6.07, 6.45) is -5.88. The van der Waals surface area contributed by atoms with E-state index in [2.05, 4.69) is 0 Å². The molecule has 80 valence electrons. The van der Waals surface area contributed by atoms with Gasteiger partial charge in [-0.3, -0.25) is 0 Å². The van der Waals surface area contributed by atoms with Gasteiger partial charge in [-0.1, -0.05) is 0 Å². The molecule has 0 aliphatic heterocycles. The molecule has 0 aliphatic rings. The number of aliphatic hydroxyl groups is 4. The van der Waals surface area contributed by atoms with Crippen molar-refractivity contribution in [2.45, 2.75) is 31.3 Å². The van der Waals surface area contributed by atoms with Crippen molar-refractivity contribution in [1.82, 2.24) is 0 Å². The highest BCUT2D eigenvalue weighted by Gasteiger charge is 2.27. The molecule has 0 radical (unpaired) electrons. The Hall–Kier alpha value is -0.313. The van der Waals surface area contributed by atoms with Gasteiger partial charge in [-0.15, -0.1) is 0 Å². The minimum Gasteiger partial charge on any atom is -0.442 e. The van der Waals surface area contributed by atoms with Crippen molar-refractivity contribution in [3.8, 4) is 0 Å². The molecule has 6 nitrogen and oxygen atoms in total. The predicted octanol–water partition coefficient (Wildman–Crippen LogP) is -4.09. The third-order valence-electron chi connectivity index (χ3n) is 1.33. The van der Waals surface area contributed by atoms with Crippen molar-refractivity contribution < 1.29 is 30.0 Å². The molecular weight excluding hydrogens is 196 g/mol. The smallest absolute Gasteiger partial charge is 0.151 e. The lowest BCUT2D eigenvalue weighted by Gasteiger charge is -2.21. The Morgan fingerprint density at radius 1 is 1.08 bits per heavy atom. The molecule has 4 unspecified atom stereocenters. The van der Waals surface area contributed by atoms with Gasteiger partial charge in [0.2, 0.25) is 0 Å². The van der Waals surface area contributed by atoms with E-state index in [0.29, 0.717) is 10.5 Å². The second-order valence-electron chi connectivity index (χ2n) is 2.35. The van der Waals surface area contributed by atoms with Crippen molar-refractivity contribution in [3.63, 3.8) is 0 Å². The SMILES string of the molecule is CC(O)C(O)C(O)C(O)C=O.O[SiH3]. The Morgan fingerprint density at radius 3 is 1.69 bits per heavy atom. The Labute approximate surface area is 79.0 Å². The van der Waals surface area contributed by atoms with E-state index in [0.717, 1.165) is 0 Å². The largest absolute Gasteiger partial charge is 0.442 e. The molecule has 0 amide bonds. The van der Waals surface area contributed by atoms with E-state index < -0.39 is 24.4 Å².